The van der Waals surface area contributed by atoms with E-state index in [-0.39, 0.29) is 18.4 Å². The average Bonchev–Trinajstić information content (AvgIpc) is 3.42. The number of nitrogens with one attached hydrogen (secondary N) is 1. The van der Waals surface area contributed by atoms with Crippen molar-refractivity contribution in [2.75, 3.05) is 32.6 Å². The molecule has 150 valence electrons. The normalized spacial score (nSPS) is 13.4. The number of amides is 1. The van der Waals surface area contributed by atoms with Gasteiger partial charge in [0.05, 0.1) is 25.8 Å². The third-order valence-corrected chi connectivity index (χ3v) is 5.48. The Morgan fingerprint density at radius 2 is 2.11 bits per heavy atom. The summed E-state index contributed by atoms with van der Waals surface area (Å²) in [7, 11) is 3.52. The molecule has 0 saturated heterocycles. The summed E-state index contributed by atoms with van der Waals surface area (Å²) in [6.45, 7) is 2.94. The molecule has 1 heterocycles. The van der Waals surface area contributed by atoms with Crippen LogP contribution in [0, 0.1) is 0 Å². The van der Waals surface area contributed by atoms with Crippen molar-refractivity contribution >= 4 is 28.2 Å². The molecule has 6 nitrogen and oxygen atoms in total. The van der Waals surface area contributed by atoms with Crippen molar-refractivity contribution in [2.24, 2.45) is 0 Å². The second-order valence-electron chi connectivity index (χ2n) is 6.96. The zero-order valence-electron chi connectivity index (χ0n) is 16.5. The lowest BCUT2D eigenvalue weighted by Crippen LogP contribution is -2.30. The molecule has 1 aliphatic carbocycles. The molecule has 1 aromatic heterocycles. The molecule has 1 N–H and O–H groups in total. The first-order valence-corrected chi connectivity index (χ1v) is 10.3. The molecule has 0 unspecified atom stereocenters. The van der Waals surface area contributed by atoms with E-state index < -0.39 is 0 Å². The minimum Gasteiger partial charge on any atom is -0.497 e. The number of carbonyl (C=O) groups is 2. The molecule has 1 aromatic carbocycles. The van der Waals surface area contributed by atoms with Gasteiger partial charge in [-0.2, -0.15) is 0 Å². The lowest BCUT2D eigenvalue weighted by molar-refractivity contribution is -0.117. The number of thiophene rings is 1. The average molecular weight is 403 g/mol. The van der Waals surface area contributed by atoms with Gasteiger partial charge in [0.2, 0.25) is 5.91 Å². The van der Waals surface area contributed by atoms with E-state index >= 15 is 0 Å². The number of benzene rings is 1. The molecule has 1 saturated carbocycles. The highest BCUT2D eigenvalue weighted by molar-refractivity contribution is 7.15. The van der Waals surface area contributed by atoms with E-state index in [1.165, 1.54) is 11.3 Å². The van der Waals surface area contributed by atoms with E-state index in [1.54, 1.807) is 14.0 Å². The fourth-order valence-electron chi connectivity index (χ4n) is 3.12. The lowest BCUT2D eigenvalue weighted by Gasteiger charge is -2.17. The lowest BCUT2D eigenvalue weighted by atomic mass is 10.1. The van der Waals surface area contributed by atoms with Gasteiger partial charge in [0.1, 0.15) is 10.8 Å². The van der Waals surface area contributed by atoms with Crippen LogP contribution in [0.3, 0.4) is 0 Å². The topological polar surface area (TPSA) is 67.9 Å². The zero-order valence-corrected chi connectivity index (χ0v) is 17.3. The third kappa shape index (κ3) is 5.11. The molecule has 0 aliphatic heterocycles. The van der Waals surface area contributed by atoms with Crippen LogP contribution in [0.2, 0.25) is 0 Å². The number of likely N-dealkylation sites (N-methyl/N-ethyl adjacent to an activating group) is 1. The molecule has 0 bridgehead atoms. The Balaban J connectivity index is 1.63. The van der Waals surface area contributed by atoms with Crippen molar-refractivity contribution in [1.82, 2.24) is 4.90 Å². The molecule has 2 aromatic rings. The predicted octanol–water partition coefficient (Wildman–Crippen LogP) is 3.88. The SMILES string of the molecule is CCOC(=O)c1c(C2CC2)csc1NC(=O)CN(C)Cc1cccc(OC)c1. The molecule has 1 fully saturated rings. The number of carbonyl (C=O) groups excluding carboxylic acids is 2. The first-order chi connectivity index (χ1) is 13.5. The van der Waals surface area contributed by atoms with Crippen LogP contribution in [0.5, 0.6) is 5.75 Å². The summed E-state index contributed by atoms with van der Waals surface area (Å²) in [6.07, 6.45) is 2.17. The summed E-state index contributed by atoms with van der Waals surface area (Å²) in [5, 5.41) is 5.46. The van der Waals surface area contributed by atoms with E-state index in [0.717, 1.165) is 29.7 Å². The van der Waals surface area contributed by atoms with Crippen LogP contribution < -0.4 is 10.1 Å². The molecule has 7 heteroatoms. The summed E-state index contributed by atoms with van der Waals surface area (Å²) < 4.78 is 10.4. The number of ether oxygens (including phenoxy) is 2. The van der Waals surface area contributed by atoms with E-state index in [4.69, 9.17) is 9.47 Å². The van der Waals surface area contributed by atoms with Gasteiger partial charge < -0.3 is 14.8 Å². The summed E-state index contributed by atoms with van der Waals surface area (Å²) in [6, 6.07) is 7.77. The number of hydrogen-bond donors (Lipinski definition) is 1. The van der Waals surface area contributed by atoms with Gasteiger partial charge in [0, 0.05) is 6.54 Å². The second-order valence-corrected chi connectivity index (χ2v) is 7.84. The fourth-order valence-corrected chi connectivity index (χ4v) is 4.17. The van der Waals surface area contributed by atoms with Gasteiger partial charge in [-0.05, 0) is 61.4 Å². The number of anilines is 1. The summed E-state index contributed by atoms with van der Waals surface area (Å²) >= 11 is 1.40. The van der Waals surface area contributed by atoms with E-state index in [9.17, 15) is 9.59 Å². The van der Waals surface area contributed by atoms with E-state index in [1.807, 2.05) is 41.6 Å². The van der Waals surface area contributed by atoms with Crippen LogP contribution in [0.4, 0.5) is 5.00 Å². The fraction of sp³-hybridized carbons (Fsp3) is 0.429. The van der Waals surface area contributed by atoms with Crippen molar-refractivity contribution in [1.29, 1.82) is 0 Å². The Labute approximate surface area is 169 Å². The van der Waals surface area contributed by atoms with Gasteiger partial charge in [0.25, 0.3) is 0 Å². The Morgan fingerprint density at radius 1 is 1.32 bits per heavy atom. The van der Waals surface area contributed by atoms with Crippen LogP contribution in [-0.4, -0.2) is 44.1 Å². The largest absolute Gasteiger partial charge is 0.497 e. The van der Waals surface area contributed by atoms with Crippen LogP contribution in [-0.2, 0) is 16.1 Å². The zero-order chi connectivity index (χ0) is 20.1. The van der Waals surface area contributed by atoms with Crippen LogP contribution in [0.1, 0.15) is 47.2 Å². The van der Waals surface area contributed by atoms with Gasteiger partial charge in [-0.15, -0.1) is 11.3 Å². The molecule has 0 spiro atoms. The molecule has 0 radical (unpaired) electrons. The minimum atomic E-state index is -0.356. The molecule has 3 rings (SSSR count). The summed E-state index contributed by atoms with van der Waals surface area (Å²) in [5.41, 5.74) is 2.59. The van der Waals surface area contributed by atoms with Crippen molar-refractivity contribution in [3.05, 3.63) is 46.3 Å². The maximum atomic E-state index is 12.5. The molecule has 0 atom stereocenters. The number of hydrogen-bond acceptors (Lipinski definition) is 6. The van der Waals surface area contributed by atoms with Crippen LogP contribution in [0.15, 0.2) is 29.6 Å². The van der Waals surface area contributed by atoms with Crippen molar-refractivity contribution in [2.45, 2.75) is 32.2 Å². The quantitative estimate of drug-likeness (QED) is 0.645. The van der Waals surface area contributed by atoms with Gasteiger partial charge in [-0.25, -0.2) is 4.79 Å². The van der Waals surface area contributed by atoms with Gasteiger partial charge >= 0.3 is 5.97 Å². The summed E-state index contributed by atoms with van der Waals surface area (Å²) in [5.74, 6) is 0.698. The minimum absolute atomic E-state index is 0.153. The third-order valence-electron chi connectivity index (χ3n) is 4.57. The number of nitrogens with zero attached hydrogens (tertiary/aromatic N) is 1. The van der Waals surface area contributed by atoms with Gasteiger partial charge in [-0.3, -0.25) is 9.69 Å². The number of rotatable bonds is 9. The van der Waals surface area contributed by atoms with Crippen molar-refractivity contribution < 1.29 is 19.1 Å². The first-order valence-electron chi connectivity index (χ1n) is 9.41. The standard InChI is InChI=1S/C21H26N2O4S/c1-4-27-21(25)19-17(15-8-9-15)13-28-20(19)22-18(24)12-23(2)11-14-6-5-7-16(10-14)26-3/h5-7,10,13,15H,4,8-9,11-12H2,1-3H3,(H,22,24). The maximum absolute atomic E-state index is 12.5. The molecular formula is C21H26N2O4S. The first kappa shape index (κ1) is 20.4. The highest BCUT2D eigenvalue weighted by Gasteiger charge is 2.32. The number of esters is 1. The van der Waals surface area contributed by atoms with Gasteiger partial charge in [0.15, 0.2) is 0 Å². The molecule has 1 amide bonds. The Bertz CT molecular complexity index is 845. The van der Waals surface area contributed by atoms with Crippen molar-refractivity contribution in [3.8, 4) is 5.75 Å². The molecule has 1 aliphatic rings. The molecular weight excluding hydrogens is 376 g/mol. The second kappa shape index (κ2) is 9.21. The van der Waals surface area contributed by atoms with E-state index in [2.05, 4.69) is 5.32 Å². The van der Waals surface area contributed by atoms with Crippen molar-refractivity contribution in [3.63, 3.8) is 0 Å². The van der Waals surface area contributed by atoms with Gasteiger partial charge in [-0.1, -0.05) is 12.1 Å². The molecule has 28 heavy (non-hydrogen) atoms. The smallest absolute Gasteiger partial charge is 0.341 e. The highest BCUT2D eigenvalue weighted by Crippen LogP contribution is 2.46. The summed E-state index contributed by atoms with van der Waals surface area (Å²) in [4.78, 5) is 26.9. The Morgan fingerprint density at radius 3 is 2.79 bits per heavy atom. The van der Waals surface area contributed by atoms with E-state index in [0.29, 0.717) is 29.6 Å². The van der Waals surface area contributed by atoms with Crippen LogP contribution in [0.25, 0.3) is 0 Å². The Kier molecular flexibility index (Phi) is 6.70. The monoisotopic (exact) mass is 402 g/mol. The maximum Gasteiger partial charge on any atom is 0.341 e. The highest BCUT2D eigenvalue weighted by atomic mass is 32.1. The van der Waals surface area contributed by atoms with Crippen LogP contribution >= 0.6 is 11.3 Å². The predicted molar refractivity (Wildman–Crippen MR) is 110 cm³/mol. The number of methoxy groups -OCH3 is 1. The Hall–Kier alpha value is -2.38.